The summed E-state index contributed by atoms with van der Waals surface area (Å²) in [6.45, 7) is 0. The lowest BCUT2D eigenvalue weighted by atomic mass is 10.1. The SMILES string of the molecule is NC(=O)[C@H](Cc1cc(Cl)ccc1Br)NC(=O)c1ccccn1. The number of carbonyl (C=O) groups excluding carboxylic acids is 2. The van der Waals surface area contributed by atoms with Crippen molar-refractivity contribution in [2.24, 2.45) is 5.73 Å². The van der Waals surface area contributed by atoms with Crippen molar-refractivity contribution in [3.63, 3.8) is 0 Å². The van der Waals surface area contributed by atoms with Crippen LogP contribution in [0.25, 0.3) is 0 Å². The molecule has 114 valence electrons. The fraction of sp³-hybridized carbons (Fsp3) is 0.133. The van der Waals surface area contributed by atoms with Gasteiger partial charge in [-0.1, -0.05) is 33.6 Å². The first-order valence-corrected chi connectivity index (χ1v) is 7.59. The molecule has 2 rings (SSSR count). The molecule has 0 aliphatic heterocycles. The molecule has 2 amide bonds. The molecule has 0 fully saturated rings. The Balaban J connectivity index is 2.15. The van der Waals surface area contributed by atoms with Gasteiger partial charge in [0.2, 0.25) is 5.91 Å². The maximum Gasteiger partial charge on any atom is 0.270 e. The molecule has 0 aliphatic rings. The van der Waals surface area contributed by atoms with Crippen LogP contribution in [0.15, 0.2) is 47.1 Å². The Hall–Kier alpha value is -1.92. The standard InChI is InChI=1S/C15H13BrClN3O2/c16-11-5-4-10(17)7-9(11)8-13(14(18)21)20-15(22)12-3-1-2-6-19-12/h1-7,13H,8H2,(H2,18,21)(H,20,22)/t13-/m0/s1. The maximum absolute atomic E-state index is 12.1. The number of hydrogen-bond acceptors (Lipinski definition) is 3. The lowest BCUT2D eigenvalue weighted by Crippen LogP contribution is -2.46. The Bertz CT molecular complexity index is 694. The summed E-state index contributed by atoms with van der Waals surface area (Å²) in [6, 6.07) is 9.30. The molecule has 1 atom stereocenters. The van der Waals surface area contributed by atoms with Crippen LogP contribution in [0.4, 0.5) is 0 Å². The Kier molecular flexibility index (Phi) is 5.51. The van der Waals surface area contributed by atoms with E-state index in [-0.39, 0.29) is 12.1 Å². The molecule has 7 heteroatoms. The number of nitrogens with two attached hydrogens (primary N) is 1. The molecule has 0 unspecified atom stereocenters. The minimum Gasteiger partial charge on any atom is -0.368 e. The average molecular weight is 383 g/mol. The van der Waals surface area contributed by atoms with Gasteiger partial charge in [0.25, 0.3) is 5.91 Å². The van der Waals surface area contributed by atoms with Gasteiger partial charge in [-0.3, -0.25) is 14.6 Å². The van der Waals surface area contributed by atoms with Crippen molar-refractivity contribution in [2.75, 3.05) is 0 Å². The van der Waals surface area contributed by atoms with Crippen LogP contribution >= 0.6 is 27.5 Å². The summed E-state index contributed by atoms with van der Waals surface area (Å²) in [7, 11) is 0. The van der Waals surface area contributed by atoms with E-state index in [9.17, 15) is 9.59 Å². The third-order valence-corrected chi connectivity index (χ3v) is 3.99. The molecule has 1 aromatic carbocycles. The van der Waals surface area contributed by atoms with Crippen molar-refractivity contribution in [1.29, 1.82) is 0 Å². The van der Waals surface area contributed by atoms with E-state index in [1.165, 1.54) is 6.20 Å². The van der Waals surface area contributed by atoms with Crippen LogP contribution in [0.5, 0.6) is 0 Å². The molecule has 0 radical (unpaired) electrons. The molecule has 5 nitrogen and oxygen atoms in total. The summed E-state index contributed by atoms with van der Waals surface area (Å²) in [5.74, 6) is -1.08. The predicted molar refractivity (Wildman–Crippen MR) is 87.5 cm³/mol. The summed E-state index contributed by atoms with van der Waals surface area (Å²) in [5, 5.41) is 3.13. The minimum atomic E-state index is -0.857. The van der Waals surface area contributed by atoms with E-state index in [1.807, 2.05) is 0 Å². The van der Waals surface area contributed by atoms with Gasteiger partial charge >= 0.3 is 0 Å². The smallest absolute Gasteiger partial charge is 0.270 e. The summed E-state index contributed by atoms with van der Waals surface area (Å²) in [5.41, 5.74) is 6.37. The highest BCUT2D eigenvalue weighted by molar-refractivity contribution is 9.10. The second-order valence-electron chi connectivity index (χ2n) is 4.58. The Morgan fingerprint density at radius 2 is 2.09 bits per heavy atom. The number of benzene rings is 1. The van der Waals surface area contributed by atoms with Gasteiger partial charge in [-0.2, -0.15) is 0 Å². The van der Waals surface area contributed by atoms with E-state index in [2.05, 4.69) is 26.2 Å². The number of nitrogens with one attached hydrogen (secondary N) is 1. The van der Waals surface area contributed by atoms with E-state index in [0.717, 1.165) is 10.0 Å². The van der Waals surface area contributed by atoms with E-state index in [0.29, 0.717) is 5.02 Å². The molecule has 3 N–H and O–H groups in total. The zero-order valence-corrected chi connectivity index (χ0v) is 13.8. The van der Waals surface area contributed by atoms with Crippen LogP contribution in [-0.4, -0.2) is 22.8 Å². The number of amides is 2. The Morgan fingerprint density at radius 3 is 2.73 bits per heavy atom. The number of primary amides is 1. The van der Waals surface area contributed by atoms with Crippen molar-refractivity contribution in [1.82, 2.24) is 10.3 Å². The fourth-order valence-electron chi connectivity index (χ4n) is 1.87. The van der Waals surface area contributed by atoms with Gasteiger partial charge in [-0.05, 0) is 35.9 Å². The van der Waals surface area contributed by atoms with Crippen molar-refractivity contribution >= 4 is 39.3 Å². The minimum absolute atomic E-state index is 0.221. The number of hydrogen-bond donors (Lipinski definition) is 2. The molecule has 0 saturated heterocycles. The van der Waals surface area contributed by atoms with E-state index < -0.39 is 17.9 Å². The Labute approximate surface area is 141 Å². The highest BCUT2D eigenvalue weighted by atomic mass is 79.9. The molecular weight excluding hydrogens is 370 g/mol. The van der Waals surface area contributed by atoms with Gasteiger partial charge in [-0.15, -0.1) is 0 Å². The molecule has 0 bridgehead atoms. The second kappa shape index (κ2) is 7.38. The lowest BCUT2D eigenvalue weighted by Gasteiger charge is -2.16. The number of aromatic nitrogens is 1. The zero-order valence-electron chi connectivity index (χ0n) is 11.4. The fourth-order valence-corrected chi connectivity index (χ4v) is 2.47. The van der Waals surface area contributed by atoms with E-state index >= 15 is 0 Å². The molecule has 0 saturated carbocycles. The molecule has 0 aliphatic carbocycles. The summed E-state index contributed by atoms with van der Waals surface area (Å²) in [4.78, 5) is 27.6. The van der Waals surface area contributed by atoms with E-state index in [1.54, 1.807) is 36.4 Å². The number of rotatable bonds is 5. The molecule has 1 aromatic heterocycles. The van der Waals surface area contributed by atoms with Crippen molar-refractivity contribution < 1.29 is 9.59 Å². The zero-order chi connectivity index (χ0) is 16.1. The van der Waals surface area contributed by atoms with Crippen molar-refractivity contribution in [2.45, 2.75) is 12.5 Å². The second-order valence-corrected chi connectivity index (χ2v) is 5.87. The topological polar surface area (TPSA) is 85.1 Å². The third-order valence-electron chi connectivity index (χ3n) is 2.98. The third kappa shape index (κ3) is 4.29. The molecule has 22 heavy (non-hydrogen) atoms. The van der Waals surface area contributed by atoms with Crippen LogP contribution in [0.1, 0.15) is 16.1 Å². The quantitative estimate of drug-likeness (QED) is 0.832. The average Bonchev–Trinajstić information content (AvgIpc) is 2.50. The molecule has 1 heterocycles. The Morgan fingerprint density at radius 1 is 1.32 bits per heavy atom. The maximum atomic E-state index is 12.1. The number of pyridine rings is 1. The van der Waals surface area contributed by atoms with Crippen LogP contribution in [-0.2, 0) is 11.2 Å². The van der Waals surface area contributed by atoms with Gasteiger partial charge in [0.1, 0.15) is 11.7 Å². The van der Waals surface area contributed by atoms with Crippen LogP contribution in [0, 0.1) is 0 Å². The monoisotopic (exact) mass is 381 g/mol. The molecular formula is C15H13BrClN3O2. The largest absolute Gasteiger partial charge is 0.368 e. The van der Waals surface area contributed by atoms with Crippen molar-refractivity contribution in [3.05, 3.63) is 63.3 Å². The number of carbonyl (C=O) groups is 2. The van der Waals surface area contributed by atoms with Crippen molar-refractivity contribution in [3.8, 4) is 0 Å². The summed E-state index contributed by atoms with van der Waals surface area (Å²) >= 11 is 9.33. The first kappa shape index (κ1) is 16.5. The van der Waals surface area contributed by atoms with E-state index in [4.69, 9.17) is 17.3 Å². The highest BCUT2D eigenvalue weighted by Gasteiger charge is 2.21. The van der Waals surface area contributed by atoms with Gasteiger partial charge in [0.15, 0.2) is 0 Å². The van der Waals surface area contributed by atoms with Gasteiger partial charge < -0.3 is 11.1 Å². The van der Waals surface area contributed by atoms with Gasteiger partial charge in [0.05, 0.1) is 0 Å². The summed E-state index contributed by atoms with van der Waals surface area (Å²) < 4.78 is 0.787. The van der Waals surface area contributed by atoms with Crippen LogP contribution < -0.4 is 11.1 Å². The number of nitrogens with zero attached hydrogens (tertiary/aromatic N) is 1. The van der Waals surface area contributed by atoms with Gasteiger partial charge in [-0.25, -0.2) is 0 Å². The molecule has 0 spiro atoms. The van der Waals surface area contributed by atoms with Crippen LogP contribution in [0.2, 0.25) is 5.02 Å². The first-order chi connectivity index (χ1) is 10.5. The lowest BCUT2D eigenvalue weighted by molar-refractivity contribution is -0.119. The first-order valence-electron chi connectivity index (χ1n) is 6.42. The summed E-state index contributed by atoms with van der Waals surface area (Å²) in [6.07, 6.45) is 1.73. The van der Waals surface area contributed by atoms with Gasteiger partial charge in [0, 0.05) is 22.1 Å². The van der Waals surface area contributed by atoms with Crippen LogP contribution in [0.3, 0.4) is 0 Å². The number of halogens is 2. The molecule has 2 aromatic rings. The normalized spacial score (nSPS) is 11.7. The highest BCUT2D eigenvalue weighted by Crippen LogP contribution is 2.22. The predicted octanol–water partition coefficient (Wildman–Crippen LogP) is 2.32.